The van der Waals surface area contributed by atoms with Gasteiger partial charge in [0.2, 0.25) is 0 Å². The zero-order valence-electron chi connectivity index (χ0n) is 10.4. The second-order valence-corrected chi connectivity index (χ2v) is 5.09. The molecule has 0 spiro atoms. The Bertz CT molecular complexity index is 409. The van der Waals surface area contributed by atoms with Crippen LogP contribution in [0.25, 0.3) is 0 Å². The Balaban J connectivity index is 2.38. The van der Waals surface area contributed by atoms with Crippen molar-refractivity contribution < 1.29 is 9.47 Å². The van der Waals surface area contributed by atoms with E-state index >= 15 is 0 Å². The van der Waals surface area contributed by atoms with Crippen LogP contribution in [0.3, 0.4) is 0 Å². The van der Waals surface area contributed by atoms with Gasteiger partial charge in [-0.25, -0.2) is 0 Å². The largest absolute Gasteiger partial charge is 0.497 e. The minimum atomic E-state index is 0.211. The number of nitrogens with one attached hydrogen (secondary N) is 1. The number of hydrogen-bond acceptors (Lipinski definition) is 3. The van der Waals surface area contributed by atoms with Crippen LogP contribution in [-0.2, 0) is 0 Å². The van der Waals surface area contributed by atoms with Gasteiger partial charge in [-0.2, -0.15) is 0 Å². The van der Waals surface area contributed by atoms with E-state index in [4.69, 9.17) is 9.47 Å². The van der Waals surface area contributed by atoms with E-state index in [-0.39, 0.29) is 12.1 Å². The van der Waals surface area contributed by atoms with Crippen molar-refractivity contribution in [2.75, 3.05) is 14.2 Å². The molecule has 0 saturated carbocycles. The van der Waals surface area contributed by atoms with Gasteiger partial charge in [-0.1, -0.05) is 13.3 Å². The predicted octanol–water partition coefficient (Wildman–Crippen LogP) is 3.28. The highest BCUT2D eigenvalue weighted by Crippen LogP contribution is 2.45. The number of benzene rings is 1. The first-order chi connectivity index (χ1) is 8.21. The van der Waals surface area contributed by atoms with Crippen molar-refractivity contribution in [3.05, 3.63) is 22.2 Å². The summed E-state index contributed by atoms with van der Waals surface area (Å²) in [6, 6.07) is 4.24. The summed E-state index contributed by atoms with van der Waals surface area (Å²) >= 11 is 3.54. The van der Waals surface area contributed by atoms with Gasteiger partial charge in [-0.15, -0.1) is 0 Å². The molecule has 1 N–H and O–H groups in total. The van der Waals surface area contributed by atoms with E-state index in [1.54, 1.807) is 7.11 Å². The molecule has 2 unspecified atom stereocenters. The molecular formula is C13H18BrNO2. The zero-order chi connectivity index (χ0) is 12.4. The Morgan fingerprint density at radius 1 is 1.47 bits per heavy atom. The average molecular weight is 300 g/mol. The zero-order valence-corrected chi connectivity index (χ0v) is 12.0. The van der Waals surface area contributed by atoms with Crippen LogP contribution in [0, 0.1) is 0 Å². The number of hydrogen-bond donors (Lipinski definition) is 1. The SMILES string of the molecule is CCCC1Oc2c(Br)cc(OC)cc2C1NC. The Morgan fingerprint density at radius 3 is 2.82 bits per heavy atom. The maximum atomic E-state index is 6.02. The van der Waals surface area contributed by atoms with Gasteiger partial charge in [0, 0.05) is 5.56 Å². The summed E-state index contributed by atoms with van der Waals surface area (Å²) < 4.78 is 12.3. The van der Waals surface area contributed by atoms with Crippen LogP contribution in [0.5, 0.6) is 11.5 Å². The van der Waals surface area contributed by atoms with Gasteiger partial charge in [0.1, 0.15) is 17.6 Å². The quantitative estimate of drug-likeness (QED) is 0.925. The third kappa shape index (κ3) is 2.29. The van der Waals surface area contributed by atoms with Crippen molar-refractivity contribution in [1.82, 2.24) is 5.32 Å². The highest BCUT2D eigenvalue weighted by atomic mass is 79.9. The normalized spacial score (nSPS) is 22.1. The van der Waals surface area contributed by atoms with Gasteiger partial charge in [-0.3, -0.25) is 0 Å². The van der Waals surface area contributed by atoms with E-state index in [9.17, 15) is 0 Å². The van der Waals surface area contributed by atoms with Crippen LogP contribution in [-0.4, -0.2) is 20.3 Å². The number of ether oxygens (including phenoxy) is 2. The summed E-state index contributed by atoms with van der Waals surface area (Å²) in [6.45, 7) is 2.18. The molecule has 0 radical (unpaired) electrons. The topological polar surface area (TPSA) is 30.5 Å². The van der Waals surface area contributed by atoms with Crippen LogP contribution in [0.15, 0.2) is 16.6 Å². The van der Waals surface area contributed by atoms with Crippen LogP contribution >= 0.6 is 15.9 Å². The maximum absolute atomic E-state index is 6.02. The van der Waals surface area contributed by atoms with E-state index in [0.29, 0.717) is 0 Å². The lowest BCUT2D eigenvalue weighted by atomic mass is 10.0. The van der Waals surface area contributed by atoms with Gasteiger partial charge < -0.3 is 14.8 Å². The van der Waals surface area contributed by atoms with Gasteiger partial charge in [0.05, 0.1) is 17.6 Å². The maximum Gasteiger partial charge on any atom is 0.139 e. The van der Waals surface area contributed by atoms with Crippen molar-refractivity contribution in [2.24, 2.45) is 0 Å². The van der Waals surface area contributed by atoms with Crippen molar-refractivity contribution in [1.29, 1.82) is 0 Å². The first-order valence-corrected chi connectivity index (χ1v) is 6.71. The lowest BCUT2D eigenvalue weighted by Gasteiger charge is -2.17. The fourth-order valence-electron chi connectivity index (χ4n) is 2.33. The van der Waals surface area contributed by atoms with Gasteiger partial charge in [0.25, 0.3) is 0 Å². The van der Waals surface area contributed by atoms with Crippen molar-refractivity contribution in [2.45, 2.75) is 31.9 Å². The fraction of sp³-hybridized carbons (Fsp3) is 0.538. The molecule has 0 fully saturated rings. The summed E-state index contributed by atoms with van der Waals surface area (Å²) in [5.74, 6) is 1.81. The standard InChI is InChI=1S/C13H18BrNO2/c1-4-5-11-12(15-2)9-6-8(16-3)7-10(14)13(9)17-11/h6-7,11-12,15H,4-5H2,1-3H3. The van der Waals surface area contributed by atoms with Gasteiger partial charge >= 0.3 is 0 Å². The molecule has 3 nitrogen and oxygen atoms in total. The van der Waals surface area contributed by atoms with E-state index in [0.717, 1.165) is 28.8 Å². The number of fused-ring (bicyclic) bond motifs is 1. The summed E-state index contributed by atoms with van der Waals surface area (Å²) in [7, 11) is 3.65. The molecule has 1 aliphatic rings. The van der Waals surface area contributed by atoms with E-state index in [1.165, 1.54) is 5.56 Å². The van der Waals surface area contributed by atoms with Crippen molar-refractivity contribution in [3.8, 4) is 11.5 Å². The Kier molecular flexibility index (Phi) is 3.94. The Hall–Kier alpha value is -0.740. The molecule has 0 aliphatic carbocycles. The molecular weight excluding hydrogens is 282 g/mol. The monoisotopic (exact) mass is 299 g/mol. The van der Waals surface area contributed by atoms with Crippen LogP contribution < -0.4 is 14.8 Å². The molecule has 17 heavy (non-hydrogen) atoms. The first-order valence-electron chi connectivity index (χ1n) is 5.92. The highest BCUT2D eigenvalue weighted by Gasteiger charge is 2.34. The number of methoxy groups -OCH3 is 1. The van der Waals surface area contributed by atoms with Crippen LogP contribution in [0.1, 0.15) is 31.4 Å². The Morgan fingerprint density at radius 2 is 2.24 bits per heavy atom. The molecule has 0 saturated heterocycles. The van der Waals surface area contributed by atoms with Crippen LogP contribution in [0.4, 0.5) is 0 Å². The van der Waals surface area contributed by atoms with Crippen LogP contribution in [0.2, 0.25) is 0 Å². The van der Waals surface area contributed by atoms with Gasteiger partial charge in [-0.05, 0) is 41.5 Å². The second kappa shape index (κ2) is 5.27. The summed E-state index contributed by atoms with van der Waals surface area (Å²) in [5.41, 5.74) is 1.18. The lowest BCUT2D eigenvalue weighted by Crippen LogP contribution is -2.28. The number of rotatable bonds is 4. The number of halogens is 1. The molecule has 1 aliphatic heterocycles. The van der Waals surface area contributed by atoms with Crippen molar-refractivity contribution >= 4 is 15.9 Å². The lowest BCUT2D eigenvalue weighted by molar-refractivity contribution is 0.181. The Labute approximate surface area is 111 Å². The summed E-state index contributed by atoms with van der Waals surface area (Å²) in [4.78, 5) is 0. The molecule has 2 atom stereocenters. The van der Waals surface area contributed by atoms with Gasteiger partial charge in [0.15, 0.2) is 0 Å². The number of likely N-dealkylation sites (N-methyl/N-ethyl adjacent to an activating group) is 1. The van der Waals surface area contributed by atoms with E-state index < -0.39 is 0 Å². The van der Waals surface area contributed by atoms with E-state index in [1.807, 2.05) is 13.1 Å². The molecule has 0 aromatic heterocycles. The molecule has 4 heteroatoms. The fourth-order valence-corrected chi connectivity index (χ4v) is 2.88. The molecule has 1 aromatic carbocycles. The highest BCUT2D eigenvalue weighted by molar-refractivity contribution is 9.10. The smallest absolute Gasteiger partial charge is 0.139 e. The molecule has 94 valence electrons. The average Bonchev–Trinajstić information content (AvgIpc) is 2.67. The molecule has 0 bridgehead atoms. The third-order valence-corrected chi connectivity index (χ3v) is 3.73. The van der Waals surface area contributed by atoms with E-state index in [2.05, 4.69) is 34.2 Å². The predicted molar refractivity (Wildman–Crippen MR) is 71.8 cm³/mol. The van der Waals surface area contributed by atoms with Crippen molar-refractivity contribution in [3.63, 3.8) is 0 Å². The molecule has 0 amide bonds. The molecule has 2 rings (SSSR count). The third-order valence-electron chi connectivity index (χ3n) is 3.14. The molecule has 1 aromatic rings. The molecule has 1 heterocycles. The summed E-state index contributed by atoms with van der Waals surface area (Å²) in [6.07, 6.45) is 2.38. The summed E-state index contributed by atoms with van der Waals surface area (Å²) in [5, 5.41) is 3.33. The second-order valence-electron chi connectivity index (χ2n) is 4.24. The minimum absolute atomic E-state index is 0.211. The first kappa shape index (κ1) is 12.7. The minimum Gasteiger partial charge on any atom is -0.497 e.